The molecule has 0 unspecified atom stereocenters. The van der Waals surface area contributed by atoms with Gasteiger partial charge in [-0.15, -0.1) is 0 Å². The van der Waals surface area contributed by atoms with Gasteiger partial charge in [0, 0.05) is 45.0 Å². The lowest BCUT2D eigenvalue weighted by Crippen LogP contribution is -2.37. The molecular weight excluding hydrogens is 326 g/mol. The molecule has 1 aromatic heterocycles. The Balaban J connectivity index is 1.50. The smallest absolute Gasteiger partial charge is 0.255 e. The molecule has 1 N–H and O–H groups in total. The van der Waals surface area contributed by atoms with E-state index in [1.54, 1.807) is 18.5 Å². The zero-order chi connectivity index (χ0) is 18.4. The average Bonchev–Trinajstić information content (AvgIpc) is 3.10. The molecule has 1 saturated heterocycles. The first-order valence-electron chi connectivity index (χ1n) is 9.45. The number of carbonyl (C=O) groups is 2. The van der Waals surface area contributed by atoms with Gasteiger partial charge >= 0.3 is 0 Å². The van der Waals surface area contributed by atoms with E-state index in [-0.39, 0.29) is 11.8 Å². The number of nitrogens with zero attached hydrogens (tertiary/aromatic N) is 2. The van der Waals surface area contributed by atoms with Gasteiger partial charge in [0.25, 0.3) is 5.91 Å². The highest BCUT2D eigenvalue weighted by molar-refractivity contribution is 5.94. The third-order valence-corrected chi connectivity index (χ3v) is 5.04. The van der Waals surface area contributed by atoms with Gasteiger partial charge in [0.15, 0.2) is 0 Å². The summed E-state index contributed by atoms with van der Waals surface area (Å²) >= 11 is 0. The number of amides is 2. The number of hydrogen-bond acceptors (Lipinski definition) is 2. The molecule has 5 heteroatoms. The fourth-order valence-corrected chi connectivity index (χ4v) is 3.36. The second-order valence-corrected chi connectivity index (χ2v) is 6.80. The minimum absolute atomic E-state index is 0.0385. The van der Waals surface area contributed by atoms with Gasteiger partial charge in [-0.1, -0.05) is 31.2 Å². The molecule has 1 aromatic carbocycles. The van der Waals surface area contributed by atoms with Crippen LogP contribution < -0.4 is 0 Å². The van der Waals surface area contributed by atoms with Crippen LogP contribution in [-0.4, -0.2) is 52.8 Å². The molecule has 1 aliphatic rings. The van der Waals surface area contributed by atoms with Crippen LogP contribution in [0, 0.1) is 0 Å². The Kier molecular flexibility index (Phi) is 6.10. The Hall–Kier alpha value is -2.56. The monoisotopic (exact) mass is 353 g/mol. The SMILES string of the molecule is CCc1ccc(CCC(=O)N2CCCN(C(=O)c3cc[nH]c3)CC2)cc1. The van der Waals surface area contributed by atoms with Gasteiger partial charge in [0.2, 0.25) is 5.91 Å². The Morgan fingerprint density at radius 3 is 2.35 bits per heavy atom. The van der Waals surface area contributed by atoms with Crippen molar-refractivity contribution in [3.8, 4) is 0 Å². The van der Waals surface area contributed by atoms with E-state index in [1.165, 1.54) is 11.1 Å². The van der Waals surface area contributed by atoms with Crippen molar-refractivity contribution in [3.05, 3.63) is 59.4 Å². The standard InChI is InChI=1S/C21H27N3O2/c1-2-17-4-6-18(7-5-17)8-9-20(25)23-12-3-13-24(15-14-23)21(26)19-10-11-22-16-19/h4-7,10-11,16,22H,2-3,8-9,12-15H2,1H3. The normalized spacial score (nSPS) is 15.0. The molecule has 26 heavy (non-hydrogen) atoms. The quantitative estimate of drug-likeness (QED) is 0.899. The third kappa shape index (κ3) is 4.54. The number of aryl methyl sites for hydroxylation is 2. The first-order valence-corrected chi connectivity index (χ1v) is 9.45. The van der Waals surface area contributed by atoms with E-state index < -0.39 is 0 Å². The van der Waals surface area contributed by atoms with Crippen LogP contribution in [0.2, 0.25) is 0 Å². The summed E-state index contributed by atoms with van der Waals surface area (Å²) in [7, 11) is 0. The van der Waals surface area contributed by atoms with E-state index in [0.717, 1.165) is 25.8 Å². The summed E-state index contributed by atoms with van der Waals surface area (Å²) in [5.41, 5.74) is 3.20. The van der Waals surface area contributed by atoms with Crippen LogP contribution in [-0.2, 0) is 17.6 Å². The Labute approximate surface area is 155 Å². The zero-order valence-electron chi connectivity index (χ0n) is 15.4. The Bertz CT molecular complexity index is 722. The summed E-state index contributed by atoms with van der Waals surface area (Å²) in [4.78, 5) is 31.7. The largest absolute Gasteiger partial charge is 0.367 e. The summed E-state index contributed by atoms with van der Waals surface area (Å²) < 4.78 is 0. The van der Waals surface area contributed by atoms with E-state index in [4.69, 9.17) is 0 Å². The number of nitrogens with one attached hydrogen (secondary N) is 1. The Morgan fingerprint density at radius 2 is 1.65 bits per heavy atom. The number of aromatic amines is 1. The van der Waals surface area contributed by atoms with Crippen LogP contribution in [0.4, 0.5) is 0 Å². The zero-order valence-corrected chi connectivity index (χ0v) is 15.4. The first-order chi connectivity index (χ1) is 12.7. The molecule has 0 atom stereocenters. The van der Waals surface area contributed by atoms with Crippen molar-refractivity contribution in [2.45, 2.75) is 32.6 Å². The predicted octanol–water partition coefficient (Wildman–Crippen LogP) is 2.88. The topological polar surface area (TPSA) is 56.4 Å². The van der Waals surface area contributed by atoms with Crippen molar-refractivity contribution in [1.29, 1.82) is 0 Å². The van der Waals surface area contributed by atoms with Crippen LogP contribution in [0.25, 0.3) is 0 Å². The molecule has 2 heterocycles. The number of benzene rings is 1. The maximum absolute atomic E-state index is 12.6. The van der Waals surface area contributed by atoms with Gasteiger partial charge in [0.05, 0.1) is 5.56 Å². The summed E-state index contributed by atoms with van der Waals surface area (Å²) in [6, 6.07) is 10.3. The molecule has 3 rings (SSSR count). The van der Waals surface area contributed by atoms with Crippen molar-refractivity contribution in [3.63, 3.8) is 0 Å². The molecule has 2 aromatic rings. The van der Waals surface area contributed by atoms with Gasteiger partial charge in [-0.05, 0) is 36.5 Å². The minimum Gasteiger partial charge on any atom is -0.367 e. The molecule has 0 spiro atoms. The van der Waals surface area contributed by atoms with Crippen molar-refractivity contribution < 1.29 is 9.59 Å². The molecule has 1 aliphatic heterocycles. The molecule has 0 bridgehead atoms. The van der Waals surface area contributed by atoms with E-state index in [2.05, 4.69) is 36.2 Å². The summed E-state index contributed by atoms with van der Waals surface area (Å²) in [5.74, 6) is 0.220. The second-order valence-electron chi connectivity index (χ2n) is 6.80. The lowest BCUT2D eigenvalue weighted by Gasteiger charge is -2.22. The summed E-state index contributed by atoms with van der Waals surface area (Å²) in [5, 5.41) is 0. The van der Waals surface area contributed by atoms with E-state index in [0.29, 0.717) is 31.6 Å². The number of H-pyrrole nitrogens is 1. The fraction of sp³-hybridized carbons (Fsp3) is 0.429. The molecule has 2 amide bonds. The molecule has 138 valence electrons. The van der Waals surface area contributed by atoms with Crippen molar-refractivity contribution in [1.82, 2.24) is 14.8 Å². The fourth-order valence-electron chi connectivity index (χ4n) is 3.36. The lowest BCUT2D eigenvalue weighted by atomic mass is 10.1. The molecule has 1 fully saturated rings. The first kappa shape index (κ1) is 18.2. The van der Waals surface area contributed by atoms with Gasteiger partial charge in [-0.25, -0.2) is 0 Å². The van der Waals surface area contributed by atoms with Crippen LogP contribution in [0.1, 0.15) is 41.3 Å². The summed E-state index contributed by atoms with van der Waals surface area (Å²) in [6.45, 7) is 4.78. The number of hydrogen-bond donors (Lipinski definition) is 1. The van der Waals surface area contributed by atoms with Crippen molar-refractivity contribution >= 4 is 11.8 Å². The van der Waals surface area contributed by atoms with Gasteiger partial charge < -0.3 is 14.8 Å². The highest BCUT2D eigenvalue weighted by Crippen LogP contribution is 2.12. The predicted molar refractivity (Wildman–Crippen MR) is 102 cm³/mol. The number of aromatic nitrogens is 1. The number of carbonyl (C=O) groups excluding carboxylic acids is 2. The molecule has 0 saturated carbocycles. The highest BCUT2D eigenvalue weighted by Gasteiger charge is 2.22. The maximum Gasteiger partial charge on any atom is 0.255 e. The van der Waals surface area contributed by atoms with E-state index in [1.807, 2.05) is 9.80 Å². The van der Waals surface area contributed by atoms with Crippen molar-refractivity contribution in [2.24, 2.45) is 0 Å². The van der Waals surface area contributed by atoms with Gasteiger partial charge in [-0.3, -0.25) is 9.59 Å². The molecule has 0 aliphatic carbocycles. The van der Waals surface area contributed by atoms with Crippen LogP contribution in [0.15, 0.2) is 42.7 Å². The van der Waals surface area contributed by atoms with E-state index in [9.17, 15) is 9.59 Å². The maximum atomic E-state index is 12.6. The summed E-state index contributed by atoms with van der Waals surface area (Å²) in [6.07, 6.45) is 6.63. The third-order valence-electron chi connectivity index (χ3n) is 5.04. The van der Waals surface area contributed by atoms with E-state index >= 15 is 0 Å². The van der Waals surface area contributed by atoms with Crippen LogP contribution >= 0.6 is 0 Å². The van der Waals surface area contributed by atoms with Gasteiger partial charge in [-0.2, -0.15) is 0 Å². The molecule has 5 nitrogen and oxygen atoms in total. The minimum atomic E-state index is 0.0385. The highest BCUT2D eigenvalue weighted by atomic mass is 16.2. The van der Waals surface area contributed by atoms with Crippen molar-refractivity contribution in [2.75, 3.05) is 26.2 Å². The lowest BCUT2D eigenvalue weighted by molar-refractivity contribution is -0.131. The van der Waals surface area contributed by atoms with Crippen LogP contribution in [0.5, 0.6) is 0 Å². The second kappa shape index (κ2) is 8.70. The van der Waals surface area contributed by atoms with Crippen LogP contribution in [0.3, 0.4) is 0 Å². The Morgan fingerprint density at radius 1 is 0.962 bits per heavy atom. The van der Waals surface area contributed by atoms with Gasteiger partial charge in [0.1, 0.15) is 0 Å². The molecular formula is C21H27N3O2. The average molecular weight is 353 g/mol. The number of rotatable bonds is 5. The molecule has 0 radical (unpaired) electrons.